The smallest absolute Gasteiger partial charge is 0.0920 e. The Balaban J connectivity index is 0.000000145. The minimum atomic E-state index is 0. The average molecular weight is 909 g/mol. The van der Waals surface area contributed by atoms with E-state index >= 15 is 0 Å². The van der Waals surface area contributed by atoms with E-state index in [2.05, 4.69) is 193 Å². The first-order valence-corrected chi connectivity index (χ1v) is 21.2. The standard InChI is InChI=1S/2C21H23.C12H7Si.Hf/c2*1-4-17-8-5-6-10-19(17)20-11-7-9-18-13-16(12-15(2)3)14-21(18)20;1-3-7-11-9(5-1)10-6-2-4-8-12(10)13-11;/h2*5-11,13-15H,4,12H2,1-3H3;1-7H;/q3*-1;. The van der Waals surface area contributed by atoms with Crippen molar-refractivity contribution in [1.29, 1.82) is 0 Å². The number of aryl methyl sites for hydroxylation is 2. The quantitative estimate of drug-likeness (QED) is 0.105. The summed E-state index contributed by atoms with van der Waals surface area (Å²) in [6.45, 7) is 13.6. The summed E-state index contributed by atoms with van der Waals surface area (Å²) >= 11 is 0. The Morgan fingerprint density at radius 2 is 0.946 bits per heavy atom. The van der Waals surface area contributed by atoms with Gasteiger partial charge < -0.3 is 0 Å². The zero-order valence-electron chi connectivity index (χ0n) is 33.9. The molecule has 0 atom stereocenters. The van der Waals surface area contributed by atoms with Crippen LogP contribution in [0.1, 0.15) is 63.8 Å². The number of hydrogen-bond acceptors (Lipinski definition) is 0. The van der Waals surface area contributed by atoms with Gasteiger partial charge in [-0.05, 0) is 59.8 Å². The van der Waals surface area contributed by atoms with E-state index < -0.39 is 0 Å². The number of benzene rings is 6. The van der Waals surface area contributed by atoms with Gasteiger partial charge in [0.15, 0.2) is 0 Å². The molecule has 0 amide bonds. The van der Waals surface area contributed by atoms with Crippen molar-refractivity contribution in [1.82, 2.24) is 0 Å². The van der Waals surface area contributed by atoms with Crippen LogP contribution in [-0.4, -0.2) is 9.52 Å². The Bertz CT molecular complexity index is 2330. The van der Waals surface area contributed by atoms with Crippen LogP contribution in [0.3, 0.4) is 0 Å². The van der Waals surface area contributed by atoms with Crippen LogP contribution in [0.25, 0.3) is 54.9 Å². The van der Waals surface area contributed by atoms with Crippen molar-refractivity contribution in [3.05, 3.63) is 180 Å². The van der Waals surface area contributed by atoms with E-state index in [-0.39, 0.29) is 25.8 Å². The molecular formula is C54H53HfSi-3. The summed E-state index contributed by atoms with van der Waals surface area (Å²) in [7, 11) is 0.795. The third-order valence-electron chi connectivity index (χ3n) is 10.6. The molecule has 0 N–H and O–H groups in total. The van der Waals surface area contributed by atoms with Crippen molar-refractivity contribution in [2.75, 3.05) is 0 Å². The van der Waals surface area contributed by atoms with Gasteiger partial charge in [-0.1, -0.05) is 148 Å². The van der Waals surface area contributed by atoms with E-state index in [1.54, 1.807) is 0 Å². The molecule has 0 nitrogen and oxygen atoms in total. The summed E-state index contributed by atoms with van der Waals surface area (Å²) in [4.78, 5) is 0. The molecule has 0 saturated heterocycles. The van der Waals surface area contributed by atoms with Gasteiger partial charge in [0.2, 0.25) is 0 Å². The van der Waals surface area contributed by atoms with Gasteiger partial charge in [-0.2, -0.15) is 41.6 Å². The average Bonchev–Trinajstić information content (AvgIpc) is 3.92. The summed E-state index contributed by atoms with van der Waals surface area (Å²) in [6.07, 6.45) is 4.46. The van der Waals surface area contributed by atoms with Crippen molar-refractivity contribution in [2.24, 2.45) is 11.8 Å². The number of hydrogen-bond donors (Lipinski definition) is 0. The molecule has 0 spiro atoms. The predicted octanol–water partition coefficient (Wildman–Crippen LogP) is 13.1. The molecule has 1 aliphatic heterocycles. The van der Waals surface area contributed by atoms with Crippen LogP contribution in [0.2, 0.25) is 0 Å². The van der Waals surface area contributed by atoms with Crippen LogP contribution in [0.5, 0.6) is 0 Å². The van der Waals surface area contributed by atoms with Gasteiger partial charge in [0, 0.05) is 25.8 Å². The largest absolute Gasteiger partial charge is 0.184 e. The molecule has 9 rings (SSSR count). The maximum Gasteiger partial charge on any atom is 0.0920 e. The van der Waals surface area contributed by atoms with Gasteiger partial charge in [-0.25, -0.2) is 0 Å². The topological polar surface area (TPSA) is 0 Å². The second kappa shape index (κ2) is 19.2. The van der Waals surface area contributed by atoms with Gasteiger partial charge in [0.1, 0.15) is 0 Å². The molecule has 280 valence electrons. The minimum Gasteiger partial charge on any atom is -0.184 e. The fourth-order valence-corrected chi connectivity index (χ4v) is 9.46. The molecule has 0 saturated carbocycles. The normalized spacial score (nSPS) is 11.4. The molecular weight excluding hydrogens is 855 g/mol. The number of rotatable bonds is 8. The van der Waals surface area contributed by atoms with Crippen LogP contribution in [0, 0.1) is 17.9 Å². The van der Waals surface area contributed by atoms with E-state index in [1.807, 2.05) is 6.07 Å². The fourth-order valence-electron chi connectivity index (χ4n) is 8.15. The van der Waals surface area contributed by atoms with Crippen molar-refractivity contribution in [3.8, 4) is 33.4 Å². The molecule has 56 heavy (non-hydrogen) atoms. The Labute approximate surface area is 357 Å². The van der Waals surface area contributed by atoms with Gasteiger partial charge in [-0.3, -0.25) is 0 Å². The van der Waals surface area contributed by atoms with Crippen molar-refractivity contribution >= 4 is 41.4 Å². The monoisotopic (exact) mass is 909 g/mol. The maximum absolute atomic E-state index is 3.31. The van der Waals surface area contributed by atoms with E-state index in [0.717, 1.165) is 35.2 Å². The first-order chi connectivity index (χ1) is 26.8. The molecule has 1 aliphatic rings. The van der Waals surface area contributed by atoms with Crippen LogP contribution < -0.4 is 10.4 Å². The molecule has 8 aromatic carbocycles. The van der Waals surface area contributed by atoms with Gasteiger partial charge in [0.05, 0.1) is 9.52 Å². The minimum absolute atomic E-state index is 0. The third kappa shape index (κ3) is 9.42. The predicted molar refractivity (Wildman–Crippen MR) is 242 cm³/mol. The van der Waals surface area contributed by atoms with Crippen LogP contribution >= 0.6 is 0 Å². The fraction of sp³-hybridized carbons (Fsp3) is 0.222. The van der Waals surface area contributed by atoms with Crippen LogP contribution in [-0.2, 0) is 51.5 Å². The van der Waals surface area contributed by atoms with Crippen LogP contribution in [0.4, 0.5) is 0 Å². The maximum atomic E-state index is 3.31. The summed E-state index contributed by atoms with van der Waals surface area (Å²) in [5, 5.41) is 8.36. The summed E-state index contributed by atoms with van der Waals surface area (Å²) < 4.78 is 0. The van der Waals surface area contributed by atoms with E-state index in [4.69, 9.17) is 0 Å². The summed E-state index contributed by atoms with van der Waals surface area (Å²) in [5.74, 6) is 1.40. The Morgan fingerprint density at radius 3 is 1.45 bits per heavy atom. The van der Waals surface area contributed by atoms with Gasteiger partial charge in [-0.15, -0.1) is 74.6 Å². The molecule has 0 fully saturated rings. The van der Waals surface area contributed by atoms with Crippen LogP contribution in [0.15, 0.2) is 152 Å². The van der Waals surface area contributed by atoms with Gasteiger partial charge >= 0.3 is 0 Å². The zero-order valence-corrected chi connectivity index (χ0v) is 38.5. The second-order valence-corrected chi connectivity index (χ2v) is 17.0. The molecule has 0 aromatic heterocycles. The Hall–Kier alpha value is -4.37. The second-order valence-electron chi connectivity index (χ2n) is 15.7. The molecule has 2 heteroatoms. The summed E-state index contributed by atoms with van der Waals surface area (Å²) in [5.41, 5.74) is 14.1. The van der Waals surface area contributed by atoms with Crippen molar-refractivity contribution in [2.45, 2.75) is 67.2 Å². The first kappa shape index (κ1) is 41.3. The number of fused-ring (bicyclic) bond motifs is 5. The molecule has 2 radical (unpaired) electrons. The molecule has 1 heterocycles. The first-order valence-electron chi connectivity index (χ1n) is 20.2. The van der Waals surface area contributed by atoms with Crippen molar-refractivity contribution in [3.63, 3.8) is 0 Å². The molecule has 0 bridgehead atoms. The molecule has 8 aromatic rings. The Morgan fingerprint density at radius 1 is 0.500 bits per heavy atom. The van der Waals surface area contributed by atoms with Gasteiger partial charge in [0.25, 0.3) is 0 Å². The van der Waals surface area contributed by atoms with Crippen molar-refractivity contribution < 1.29 is 25.8 Å². The zero-order chi connectivity index (χ0) is 38.3. The SMILES string of the molecule is CCc1ccccc1-c1cccc2[cH-]c(CC(C)C)cc12.CCc1ccccc1-c1cccc2[cH-]c(CC(C)C)cc12.[Hf].[c-]1cccc2c1[Si]c1ccccc1-2. The van der Waals surface area contributed by atoms with E-state index in [1.165, 1.54) is 87.6 Å². The molecule has 0 aliphatic carbocycles. The third-order valence-corrected chi connectivity index (χ3v) is 12.0. The van der Waals surface area contributed by atoms with E-state index in [9.17, 15) is 0 Å². The van der Waals surface area contributed by atoms with E-state index in [0.29, 0.717) is 11.8 Å². The Kier molecular flexibility index (Phi) is 14.1. The summed E-state index contributed by atoms with van der Waals surface area (Å²) in [6, 6.07) is 58.6. The molecule has 0 unspecified atom stereocenters.